The van der Waals surface area contributed by atoms with E-state index < -0.39 is 0 Å². The second-order valence-corrected chi connectivity index (χ2v) is 4.05. The fraction of sp³-hybridized carbons (Fsp3) is 0.333. The smallest absolute Gasteiger partial charge is 0.0950 e. The summed E-state index contributed by atoms with van der Waals surface area (Å²) in [6, 6.07) is 8.75. The largest absolute Gasteiger partial charge is 0.380 e. The zero-order chi connectivity index (χ0) is 10.1. The minimum absolute atomic E-state index is 0.637. The Hall–Kier alpha value is -1.64. The molecule has 1 aliphatic carbocycles. The Bertz CT molecular complexity index is 472. The predicted molar refractivity (Wildman–Crippen MR) is 60.8 cm³/mol. The molecule has 0 unspecified atom stereocenters. The number of anilines is 1. The van der Waals surface area contributed by atoms with E-state index in [0.29, 0.717) is 6.04 Å². The van der Waals surface area contributed by atoms with Crippen LogP contribution in [-0.2, 0) is 0 Å². The van der Waals surface area contributed by atoms with E-state index in [1.165, 1.54) is 24.6 Å². The minimum atomic E-state index is 0.637. The second kappa shape index (κ2) is 3.50. The van der Waals surface area contributed by atoms with E-state index in [4.69, 9.17) is 0 Å². The van der Waals surface area contributed by atoms with Crippen LogP contribution in [0.3, 0.4) is 0 Å². The fourth-order valence-corrected chi connectivity index (χ4v) is 1.89. The van der Waals surface area contributed by atoms with Gasteiger partial charge >= 0.3 is 0 Å². The number of hydrogen-bond acceptors (Lipinski definition) is 3. The Kier molecular flexibility index (Phi) is 2.02. The molecule has 3 heteroatoms. The maximum absolute atomic E-state index is 4.10. The van der Waals surface area contributed by atoms with Gasteiger partial charge in [-0.05, 0) is 25.3 Å². The van der Waals surface area contributed by atoms with Gasteiger partial charge in [0, 0.05) is 11.4 Å². The molecule has 1 saturated carbocycles. The first-order valence-electron chi connectivity index (χ1n) is 5.40. The average molecular weight is 199 g/mol. The van der Waals surface area contributed by atoms with Crippen molar-refractivity contribution in [1.82, 2.24) is 10.2 Å². The average Bonchev–Trinajstić information content (AvgIpc) is 2.23. The Morgan fingerprint density at radius 3 is 2.87 bits per heavy atom. The van der Waals surface area contributed by atoms with Crippen molar-refractivity contribution in [2.75, 3.05) is 5.32 Å². The molecule has 3 nitrogen and oxygen atoms in total. The van der Waals surface area contributed by atoms with Crippen molar-refractivity contribution in [2.24, 2.45) is 0 Å². The third-order valence-electron chi connectivity index (χ3n) is 3.01. The molecule has 1 aliphatic rings. The lowest BCUT2D eigenvalue weighted by Crippen LogP contribution is -2.27. The normalized spacial score (nSPS) is 16.3. The van der Waals surface area contributed by atoms with Crippen molar-refractivity contribution in [1.29, 1.82) is 0 Å². The number of benzene rings is 1. The standard InChI is InChI=1S/C12H13N3/c1-2-7-11-10(6-1)12(8-13-15-11)14-9-4-3-5-9/h1-2,6-9H,3-5H2,(H,14,15). The number of hydrogen-bond donors (Lipinski definition) is 1. The lowest BCUT2D eigenvalue weighted by Gasteiger charge is -2.27. The summed E-state index contributed by atoms with van der Waals surface area (Å²) in [5, 5.41) is 12.8. The lowest BCUT2D eigenvalue weighted by molar-refractivity contribution is 0.446. The molecular weight excluding hydrogens is 186 g/mol. The molecule has 0 atom stereocenters. The fourth-order valence-electron chi connectivity index (χ4n) is 1.89. The molecule has 0 saturated heterocycles. The van der Waals surface area contributed by atoms with Crippen LogP contribution in [0, 0.1) is 0 Å². The lowest BCUT2D eigenvalue weighted by atomic mass is 9.93. The van der Waals surface area contributed by atoms with Gasteiger partial charge in [-0.3, -0.25) is 0 Å². The summed E-state index contributed by atoms with van der Waals surface area (Å²) in [6.45, 7) is 0. The molecule has 1 fully saturated rings. The van der Waals surface area contributed by atoms with Crippen molar-refractivity contribution in [3.8, 4) is 0 Å². The summed E-state index contributed by atoms with van der Waals surface area (Å²) in [5.41, 5.74) is 2.08. The zero-order valence-electron chi connectivity index (χ0n) is 8.48. The first-order valence-corrected chi connectivity index (χ1v) is 5.40. The van der Waals surface area contributed by atoms with Crippen LogP contribution in [0.2, 0.25) is 0 Å². The van der Waals surface area contributed by atoms with Crippen LogP contribution in [0.15, 0.2) is 30.5 Å². The SMILES string of the molecule is c1ccc2c(NC3CCC3)cnnc2c1. The van der Waals surface area contributed by atoms with Crippen molar-refractivity contribution in [3.05, 3.63) is 30.5 Å². The van der Waals surface area contributed by atoms with Crippen molar-refractivity contribution in [3.63, 3.8) is 0 Å². The van der Waals surface area contributed by atoms with Gasteiger partial charge in [0.25, 0.3) is 0 Å². The number of nitrogens with one attached hydrogen (secondary N) is 1. The van der Waals surface area contributed by atoms with Gasteiger partial charge in [-0.1, -0.05) is 18.2 Å². The van der Waals surface area contributed by atoms with Crippen molar-refractivity contribution >= 4 is 16.6 Å². The monoisotopic (exact) mass is 199 g/mol. The number of rotatable bonds is 2. The first-order chi connectivity index (χ1) is 7.43. The maximum Gasteiger partial charge on any atom is 0.0950 e. The van der Waals surface area contributed by atoms with Gasteiger partial charge in [-0.25, -0.2) is 0 Å². The van der Waals surface area contributed by atoms with Gasteiger partial charge in [-0.2, -0.15) is 10.2 Å². The Morgan fingerprint density at radius 2 is 2.07 bits per heavy atom. The molecule has 3 rings (SSSR count). The molecule has 0 amide bonds. The molecule has 1 aromatic carbocycles. The summed E-state index contributed by atoms with van der Waals surface area (Å²) >= 11 is 0. The first kappa shape index (κ1) is 8.65. The van der Waals surface area contributed by atoms with E-state index in [2.05, 4.69) is 21.6 Å². The third kappa shape index (κ3) is 1.54. The van der Waals surface area contributed by atoms with Crippen LogP contribution in [0.4, 0.5) is 5.69 Å². The number of nitrogens with zero attached hydrogens (tertiary/aromatic N) is 2. The number of aromatic nitrogens is 2. The predicted octanol–water partition coefficient (Wildman–Crippen LogP) is 2.59. The van der Waals surface area contributed by atoms with E-state index in [-0.39, 0.29) is 0 Å². The highest BCUT2D eigenvalue weighted by molar-refractivity contribution is 5.90. The minimum Gasteiger partial charge on any atom is -0.380 e. The molecule has 15 heavy (non-hydrogen) atoms. The molecule has 1 N–H and O–H groups in total. The summed E-state index contributed by atoms with van der Waals surface area (Å²) in [4.78, 5) is 0. The van der Waals surface area contributed by atoms with Gasteiger partial charge in [-0.15, -0.1) is 0 Å². The highest BCUT2D eigenvalue weighted by Gasteiger charge is 2.17. The summed E-state index contributed by atoms with van der Waals surface area (Å²) in [6.07, 6.45) is 5.71. The molecule has 0 aliphatic heterocycles. The molecular formula is C12H13N3. The Labute approximate surface area is 88.5 Å². The van der Waals surface area contributed by atoms with Gasteiger partial charge in [0.15, 0.2) is 0 Å². The van der Waals surface area contributed by atoms with E-state index in [9.17, 15) is 0 Å². The molecule has 76 valence electrons. The van der Waals surface area contributed by atoms with E-state index in [0.717, 1.165) is 11.2 Å². The molecule has 1 heterocycles. The van der Waals surface area contributed by atoms with Crippen LogP contribution in [0.25, 0.3) is 10.9 Å². The molecule has 0 bridgehead atoms. The summed E-state index contributed by atoms with van der Waals surface area (Å²) in [7, 11) is 0. The third-order valence-corrected chi connectivity index (χ3v) is 3.01. The van der Waals surface area contributed by atoms with Crippen LogP contribution >= 0.6 is 0 Å². The Balaban J connectivity index is 2.01. The topological polar surface area (TPSA) is 37.8 Å². The van der Waals surface area contributed by atoms with E-state index in [1.54, 1.807) is 0 Å². The van der Waals surface area contributed by atoms with Crippen LogP contribution in [0.5, 0.6) is 0 Å². The van der Waals surface area contributed by atoms with Crippen LogP contribution in [0.1, 0.15) is 19.3 Å². The molecule has 0 radical (unpaired) electrons. The zero-order valence-corrected chi connectivity index (χ0v) is 8.48. The van der Waals surface area contributed by atoms with Gasteiger partial charge < -0.3 is 5.32 Å². The molecule has 0 spiro atoms. The maximum atomic E-state index is 4.10. The Morgan fingerprint density at radius 1 is 1.20 bits per heavy atom. The van der Waals surface area contributed by atoms with Crippen LogP contribution < -0.4 is 5.32 Å². The van der Waals surface area contributed by atoms with Crippen LogP contribution in [-0.4, -0.2) is 16.2 Å². The van der Waals surface area contributed by atoms with Gasteiger partial charge in [0.2, 0.25) is 0 Å². The number of fused-ring (bicyclic) bond motifs is 1. The van der Waals surface area contributed by atoms with E-state index in [1.807, 2.05) is 24.4 Å². The van der Waals surface area contributed by atoms with Gasteiger partial charge in [0.1, 0.15) is 0 Å². The van der Waals surface area contributed by atoms with Crippen molar-refractivity contribution in [2.45, 2.75) is 25.3 Å². The quantitative estimate of drug-likeness (QED) is 0.807. The highest BCUT2D eigenvalue weighted by Crippen LogP contribution is 2.26. The summed E-state index contributed by atoms with van der Waals surface area (Å²) < 4.78 is 0. The van der Waals surface area contributed by atoms with Gasteiger partial charge in [0.05, 0.1) is 17.4 Å². The molecule has 2 aromatic rings. The van der Waals surface area contributed by atoms with Crippen molar-refractivity contribution < 1.29 is 0 Å². The molecule has 1 aromatic heterocycles. The van der Waals surface area contributed by atoms with E-state index >= 15 is 0 Å². The highest BCUT2D eigenvalue weighted by atomic mass is 15.1. The second-order valence-electron chi connectivity index (χ2n) is 4.05. The summed E-state index contributed by atoms with van der Waals surface area (Å²) in [5.74, 6) is 0.